The lowest BCUT2D eigenvalue weighted by Crippen LogP contribution is -2.52. The lowest BCUT2D eigenvalue weighted by molar-refractivity contribution is -0.150. The minimum absolute atomic E-state index is 0.191. The number of benzene rings is 2. The first-order chi connectivity index (χ1) is 14.8. The van der Waals surface area contributed by atoms with Crippen molar-refractivity contribution in [1.82, 2.24) is 4.57 Å². The molecule has 4 N–H and O–H groups in total. The minimum Gasteiger partial charge on any atom is -0.487 e. The summed E-state index contributed by atoms with van der Waals surface area (Å²) in [5.74, 6) is -1.24. The van der Waals surface area contributed by atoms with Crippen LogP contribution in [-0.2, 0) is 16.1 Å². The van der Waals surface area contributed by atoms with Gasteiger partial charge in [0.05, 0.1) is 29.3 Å². The molecule has 9 nitrogen and oxygen atoms in total. The Morgan fingerprint density at radius 3 is 2.58 bits per heavy atom. The van der Waals surface area contributed by atoms with Gasteiger partial charge in [0.25, 0.3) is 0 Å². The van der Waals surface area contributed by atoms with Gasteiger partial charge >= 0.3 is 11.7 Å². The Kier molecular flexibility index (Phi) is 7.01. The number of nitrogens with zero attached hydrogens (tertiary/aromatic N) is 1. The van der Waals surface area contributed by atoms with Gasteiger partial charge in [-0.3, -0.25) is 4.57 Å². The second-order valence-electron chi connectivity index (χ2n) is 7.22. The number of nitrogens with two attached hydrogens (primary N) is 1. The molecule has 1 aromatic heterocycles. The number of aromatic nitrogens is 1. The number of hydrogen-bond acceptors (Lipinski definition) is 8. The zero-order chi connectivity index (χ0) is 22.6. The lowest BCUT2D eigenvalue weighted by Gasteiger charge is -2.24. The van der Waals surface area contributed by atoms with E-state index in [1.54, 1.807) is 0 Å². The van der Waals surface area contributed by atoms with E-state index in [1.807, 2.05) is 30.3 Å². The van der Waals surface area contributed by atoms with Crippen molar-refractivity contribution in [3.63, 3.8) is 0 Å². The fraction of sp³-hybridized carbons (Fsp3) is 0.333. The first-order valence-electron chi connectivity index (χ1n) is 9.46. The summed E-state index contributed by atoms with van der Waals surface area (Å²) in [6, 6.07) is 11.4. The van der Waals surface area contributed by atoms with Crippen LogP contribution in [0.5, 0.6) is 5.75 Å². The van der Waals surface area contributed by atoms with Crippen LogP contribution in [-0.4, -0.2) is 46.1 Å². The van der Waals surface area contributed by atoms with Gasteiger partial charge in [-0.2, -0.15) is 0 Å². The molecular formula is C21H23ClN2O7. The molecule has 3 rings (SSSR count). The highest BCUT2D eigenvalue weighted by Gasteiger charge is 2.29. The third kappa shape index (κ3) is 5.08. The molecule has 2 aromatic carbocycles. The van der Waals surface area contributed by atoms with Crippen molar-refractivity contribution in [3.05, 3.63) is 63.6 Å². The van der Waals surface area contributed by atoms with E-state index in [2.05, 4.69) is 0 Å². The van der Waals surface area contributed by atoms with Crippen molar-refractivity contribution in [2.75, 3.05) is 19.8 Å². The molecule has 10 heteroatoms. The van der Waals surface area contributed by atoms with Gasteiger partial charge in [-0.05, 0) is 18.6 Å². The number of halogens is 1. The van der Waals surface area contributed by atoms with Gasteiger partial charge in [0, 0.05) is 6.07 Å². The van der Waals surface area contributed by atoms with Gasteiger partial charge in [0.2, 0.25) is 0 Å². The molecule has 0 aliphatic carbocycles. The predicted molar refractivity (Wildman–Crippen MR) is 113 cm³/mol. The average Bonchev–Trinajstić information content (AvgIpc) is 3.10. The topological polar surface area (TPSA) is 137 Å². The summed E-state index contributed by atoms with van der Waals surface area (Å²) in [5, 5.41) is 18.6. The number of carbonyl (C=O) groups is 1. The Bertz CT molecular complexity index is 1110. The van der Waals surface area contributed by atoms with Crippen molar-refractivity contribution in [3.8, 4) is 5.75 Å². The van der Waals surface area contributed by atoms with Crippen molar-refractivity contribution >= 4 is 28.7 Å². The molecule has 0 aliphatic heterocycles. The molecule has 1 heterocycles. The fourth-order valence-electron chi connectivity index (χ4n) is 2.83. The van der Waals surface area contributed by atoms with Crippen molar-refractivity contribution in [2.24, 2.45) is 5.73 Å². The number of aliphatic hydroxyl groups excluding tert-OH is 2. The maximum absolute atomic E-state index is 12.4. The molecule has 0 bridgehead atoms. The van der Waals surface area contributed by atoms with Crippen LogP contribution in [0.4, 0.5) is 0 Å². The van der Waals surface area contributed by atoms with Crippen LogP contribution < -0.4 is 16.2 Å². The summed E-state index contributed by atoms with van der Waals surface area (Å²) in [6.07, 6.45) is 0. The normalized spacial score (nSPS) is 12.7. The number of fused-ring (bicyclic) bond motifs is 1. The van der Waals surface area contributed by atoms with E-state index in [1.165, 1.54) is 19.1 Å². The van der Waals surface area contributed by atoms with Crippen LogP contribution in [0.25, 0.3) is 11.1 Å². The standard InChI is InChI=1S/C21H23ClN2O7/c1-13(19(27)30-12-21(23,10-25)11-26)24-16-7-15(22)17(8-18(16)31-20(24)28)29-9-14-5-3-2-4-6-14/h2-8,13,25-26H,9-12,23H2,1H3. The number of esters is 1. The van der Waals surface area contributed by atoms with E-state index in [9.17, 15) is 19.8 Å². The van der Waals surface area contributed by atoms with E-state index < -0.39 is 43.1 Å². The van der Waals surface area contributed by atoms with E-state index in [-0.39, 0.29) is 22.7 Å². The van der Waals surface area contributed by atoms with Gasteiger partial charge in [0.1, 0.15) is 25.0 Å². The molecule has 0 saturated heterocycles. The number of carbonyl (C=O) groups excluding carboxylic acids is 1. The van der Waals surface area contributed by atoms with E-state index in [0.717, 1.165) is 10.1 Å². The molecule has 1 unspecified atom stereocenters. The van der Waals surface area contributed by atoms with Crippen molar-refractivity contribution < 1.29 is 28.9 Å². The summed E-state index contributed by atoms with van der Waals surface area (Å²) in [4.78, 5) is 24.8. The Labute approximate surface area is 182 Å². The Morgan fingerprint density at radius 2 is 1.94 bits per heavy atom. The molecule has 1 atom stereocenters. The van der Waals surface area contributed by atoms with Gasteiger partial charge in [-0.15, -0.1) is 0 Å². The number of aliphatic hydroxyl groups is 2. The summed E-state index contributed by atoms with van der Waals surface area (Å²) < 4.78 is 17.2. The van der Waals surface area contributed by atoms with E-state index >= 15 is 0 Å². The summed E-state index contributed by atoms with van der Waals surface area (Å²) in [6.45, 7) is 0.132. The molecular weight excluding hydrogens is 428 g/mol. The van der Waals surface area contributed by atoms with Gasteiger partial charge in [0.15, 0.2) is 5.58 Å². The van der Waals surface area contributed by atoms with Crippen molar-refractivity contribution in [1.29, 1.82) is 0 Å². The fourth-order valence-corrected chi connectivity index (χ4v) is 3.04. The zero-order valence-electron chi connectivity index (χ0n) is 16.8. The second kappa shape index (κ2) is 9.52. The smallest absolute Gasteiger partial charge is 0.420 e. The molecule has 3 aromatic rings. The van der Waals surface area contributed by atoms with Gasteiger partial charge in [-0.25, -0.2) is 9.59 Å². The number of hydrogen-bond donors (Lipinski definition) is 3. The average molecular weight is 451 g/mol. The molecule has 0 aliphatic rings. The highest BCUT2D eigenvalue weighted by molar-refractivity contribution is 6.32. The SMILES string of the molecule is CC(C(=O)OCC(N)(CO)CO)n1c(=O)oc2cc(OCc3ccccc3)c(Cl)cc21. The number of oxazole rings is 1. The molecule has 0 radical (unpaired) electrons. The lowest BCUT2D eigenvalue weighted by atomic mass is 10.1. The highest BCUT2D eigenvalue weighted by atomic mass is 35.5. The van der Waals surface area contributed by atoms with Crippen LogP contribution in [0, 0.1) is 0 Å². The van der Waals surface area contributed by atoms with Crippen LogP contribution in [0.2, 0.25) is 5.02 Å². The van der Waals surface area contributed by atoms with E-state index in [0.29, 0.717) is 5.75 Å². The van der Waals surface area contributed by atoms with Crippen LogP contribution in [0.3, 0.4) is 0 Å². The highest BCUT2D eigenvalue weighted by Crippen LogP contribution is 2.31. The van der Waals surface area contributed by atoms with Crippen LogP contribution in [0.1, 0.15) is 18.5 Å². The molecule has 0 amide bonds. The maximum Gasteiger partial charge on any atom is 0.420 e. The summed E-state index contributed by atoms with van der Waals surface area (Å²) in [7, 11) is 0. The monoisotopic (exact) mass is 450 g/mol. The van der Waals surface area contributed by atoms with Crippen molar-refractivity contribution in [2.45, 2.75) is 25.1 Å². The molecule has 0 saturated carbocycles. The molecule has 0 fully saturated rings. The second-order valence-corrected chi connectivity index (χ2v) is 7.63. The van der Waals surface area contributed by atoms with Gasteiger partial charge < -0.3 is 29.8 Å². The molecule has 31 heavy (non-hydrogen) atoms. The third-order valence-electron chi connectivity index (χ3n) is 4.76. The van der Waals surface area contributed by atoms with Gasteiger partial charge in [-0.1, -0.05) is 41.9 Å². The zero-order valence-corrected chi connectivity index (χ0v) is 17.5. The van der Waals surface area contributed by atoms with Crippen LogP contribution in [0.15, 0.2) is 51.7 Å². The summed E-state index contributed by atoms with van der Waals surface area (Å²) in [5.41, 5.74) is 5.63. The molecule has 166 valence electrons. The van der Waals surface area contributed by atoms with Crippen LogP contribution >= 0.6 is 11.6 Å². The quantitative estimate of drug-likeness (QED) is 0.418. The van der Waals surface area contributed by atoms with E-state index in [4.69, 9.17) is 31.2 Å². The summed E-state index contributed by atoms with van der Waals surface area (Å²) >= 11 is 6.32. The third-order valence-corrected chi connectivity index (χ3v) is 5.06. The first-order valence-corrected chi connectivity index (χ1v) is 9.84. The maximum atomic E-state index is 12.4. The first kappa shape index (κ1) is 22.8. The molecule has 0 spiro atoms. The number of ether oxygens (including phenoxy) is 2. The Hall–Kier alpha value is -2.85. The Morgan fingerprint density at radius 1 is 1.26 bits per heavy atom. The minimum atomic E-state index is -1.48. The Balaban J connectivity index is 1.81. The predicted octanol–water partition coefficient (Wildman–Crippen LogP) is 1.61. The largest absolute Gasteiger partial charge is 0.487 e. The number of rotatable bonds is 9.